The molecular weight excluding hydrogens is 640 g/mol. The number of rotatable bonds is 5. The van der Waals surface area contributed by atoms with Gasteiger partial charge in [0.25, 0.3) is 5.91 Å². The van der Waals surface area contributed by atoms with Crippen LogP contribution in [-0.2, 0) is 36.1 Å². The van der Waals surface area contributed by atoms with Crippen LogP contribution in [0.1, 0.15) is 80.3 Å². The van der Waals surface area contributed by atoms with Gasteiger partial charge in [-0.1, -0.05) is 36.7 Å². The predicted molar refractivity (Wildman–Crippen MR) is 182 cm³/mol. The van der Waals surface area contributed by atoms with Crippen LogP contribution in [0.15, 0.2) is 48.6 Å². The van der Waals surface area contributed by atoms with Gasteiger partial charge in [0.05, 0.1) is 30.3 Å². The summed E-state index contributed by atoms with van der Waals surface area (Å²) in [5, 5.41) is -0.0152. The molecule has 1 spiro atoms. The first-order valence-corrected chi connectivity index (χ1v) is 18.9. The molecule has 0 radical (unpaired) electrons. The molecule has 6 rings (SSSR count). The van der Waals surface area contributed by atoms with Gasteiger partial charge in [0, 0.05) is 29.1 Å². The molecule has 4 aliphatic rings. The molecule has 5 atom stereocenters. The number of fused-ring (bicyclic) bond motifs is 4. The Morgan fingerprint density at radius 3 is 2.77 bits per heavy atom. The van der Waals surface area contributed by atoms with Crippen LogP contribution in [-0.4, -0.2) is 64.6 Å². The number of anilines is 1. The molecule has 11 heteroatoms. The van der Waals surface area contributed by atoms with E-state index < -0.39 is 27.1 Å². The van der Waals surface area contributed by atoms with Crippen LogP contribution in [0.2, 0.25) is 5.02 Å². The summed E-state index contributed by atoms with van der Waals surface area (Å²) in [6.45, 7) is 5.57. The lowest BCUT2D eigenvalue weighted by Crippen LogP contribution is -2.49. The highest BCUT2D eigenvalue weighted by Crippen LogP contribution is 2.47. The Hall–Kier alpha value is -3.08. The van der Waals surface area contributed by atoms with E-state index in [4.69, 9.17) is 25.8 Å². The van der Waals surface area contributed by atoms with Gasteiger partial charge >= 0.3 is 5.97 Å². The van der Waals surface area contributed by atoms with E-state index in [1.54, 1.807) is 25.1 Å². The first kappa shape index (κ1) is 33.8. The number of ether oxygens (including phenoxy) is 3. The zero-order valence-electron chi connectivity index (χ0n) is 27.2. The molecule has 0 unspecified atom stereocenters. The quantitative estimate of drug-likeness (QED) is 0.303. The molecule has 9 nitrogen and oxygen atoms in total. The number of sulfonamides is 1. The van der Waals surface area contributed by atoms with Crippen molar-refractivity contribution < 1.29 is 32.2 Å². The molecule has 0 saturated heterocycles. The highest BCUT2D eigenvalue weighted by atomic mass is 35.5. The van der Waals surface area contributed by atoms with E-state index in [9.17, 15) is 18.0 Å². The van der Waals surface area contributed by atoms with Gasteiger partial charge in [-0.2, -0.15) is 0 Å². The second kappa shape index (κ2) is 14.2. The standard InChI is InChI=1S/C36H45ClN2O7S/c1-3-28-9-5-6-10-32(45-21-34(40)44-4-2)29-14-11-26(29)20-39-22-36(17-7-8-24-18-27(37)13-15-30(24)36)23-46-33-16-12-25(19-31(33)39)35(41)38-47(28,42)43/h6,10,12-13,15-16,18-19,26,28-29,32H,3-5,7-9,11,14,17,20-23H2,1-2H3,(H,38,41)/b10-6+/t26-,28+,29+,32-,36-/m0/s1. The molecular formula is C36H45ClN2O7S. The van der Waals surface area contributed by atoms with Gasteiger partial charge in [-0.05, 0) is 112 Å². The fraction of sp³-hybridized carbons (Fsp3) is 0.556. The second-order valence-corrected chi connectivity index (χ2v) is 15.8. The lowest BCUT2D eigenvalue weighted by atomic mass is 9.68. The highest BCUT2D eigenvalue weighted by molar-refractivity contribution is 7.90. The van der Waals surface area contributed by atoms with Crippen LogP contribution in [0, 0.1) is 11.8 Å². The summed E-state index contributed by atoms with van der Waals surface area (Å²) in [7, 11) is -3.93. The lowest BCUT2D eigenvalue weighted by molar-refractivity contribution is -0.151. The van der Waals surface area contributed by atoms with Gasteiger partial charge in [0.15, 0.2) is 0 Å². The number of hydrogen-bond donors (Lipinski definition) is 1. The van der Waals surface area contributed by atoms with Gasteiger partial charge < -0.3 is 19.1 Å². The molecule has 1 fully saturated rings. The third-order valence-corrected chi connectivity index (χ3v) is 12.6. The number of aryl methyl sites for hydroxylation is 1. The molecule has 2 aliphatic carbocycles. The molecule has 1 saturated carbocycles. The Kier molecular flexibility index (Phi) is 10.2. The van der Waals surface area contributed by atoms with E-state index in [2.05, 4.69) is 21.8 Å². The number of nitrogens with one attached hydrogen (secondary N) is 1. The van der Waals surface area contributed by atoms with Crippen molar-refractivity contribution in [2.45, 2.75) is 82.0 Å². The van der Waals surface area contributed by atoms with E-state index in [-0.39, 0.29) is 42.1 Å². The van der Waals surface area contributed by atoms with Crippen LogP contribution in [0.25, 0.3) is 0 Å². The first-order valence-electron chi connectivity index (χ1n) is 16.9. The van der Waals surface area contributed by atoms with Crippen molar-refractivity contribution in [1.29, 1.82) is 0 Å². The Morgan fingerprint density at radius 2 is 2.00 bits per heavy atom. The fourth-order valence-corrected chi connectivity index (χ4v) is 9.47. The number of esters is 1. The van der Waals surface area contributed by atoms with Gasteiger partial charge in [-0.3, -0.25) is 4.79 Å². The number of nitrogens with zero attached hydrogens (tertiary/aromatic N) is 1. The minimum atomic E-state index is -3.93. The molecule has 2 aromatic rings. The van der Waals surface area contributed by atoms with Crippen molar-refractivity contribution in [3.8, 4) is 5.75 Å². The topological polar surface area (TPSA) is 111 Å². The molecule has 254 valence electrons. The Morgan fingerprint density at radius 1 is 1.15 bits per heavy atom. The Bertz CT molecular complexity index is 1630. The molecule has 1 N–H and O–H groups in total. The Balaban J connectivity index is 1.40. The zero-order chi connectivity index (χ0) is 33.2. The molecule has 2 bridgehead atoms. The summed E-state index contributed by atoms with van der Waals surface area (Å²) in [5.74, 6) is 0.0465. The Labute approximate surface area is 283 Å². The van der Waals surface area contributed by atoms with Crippen LogP contribution >= 0.6 is 11.6 Å². The van der Waals surface area contributed by atoms with Crippen molar-refractivity contribution in [3.63, 3.8) is 0 Å². The maximum Gasteiger partial charge on any atom is 0.332 e. The number of halogens is 1. The summed E-state index contributed by atoms with van der Waals surface area (Å²) < 4.78 is 47.0. The lowest BCUT2D eigenvalue weighted by Gasteiger charge is -2.46. The van der Waals surface area contributed by atoms with Crippen LogP contribution in [0.3, 0.4) is 0 Å². The highest BCUT2D eigenvalue weighted by Gasteiger charge is 2.44. The number of benzene rings is 2. The molecule has 2 heterocycles. The van der Waals surface area contributed by atoms with Gasteiger partial charge in [0.2, 0.25) is 10.0 Å². The van der Waals surface area contributed by atoms with E-state index in [1.807, 2.05) is 25.1 Å². The summed E-state index contributed by atoms with van der Waals surface area (Å²) in [6, 6.07) is 11.4. The summed E-state index contributed by atoms with van der Waals surface area (Å²) in [4.78, 5) is 28.1. The van der Waals surface area contributed by atoms with Gasteiger partial charge in [-0.15, -0.1) is 0 Å². The summed E-state index contributed by atoms with van der Waals surface area (Å²) in [5.41, 5.74) is 3.23. The summed E-state index contributed by atoms with van der Waals surface area (Å²) in [6.07, 6.45) is 9.69. The minimum absolute atomic E-state index is 0.143. The van der Waals surface area contributed by atoms with E-state index in [1.165, 1.54) is 11.1 Å². The average Bonchev–Trinajstić information content (AvgIpc) is 3.17. The minimum Gasteiger partial charge on any atom is -0.490 e. The molecule has 0 aromatic heterocycles. The maximum absolute atomic E-state index is 13.5. The van der Waals surface area contributed by atoms with Crippen LogP contribution < -0.4 is 14.4 Å². The number of allylic oxidation sites excluding steroid dienone is 1. The van der Waals surface area contributed by atoms with E-state index >= 15 is 0 Å². The van der Waals surface area contributed by atoms with Gasteiger partial charge in [0.1, 0.15) is 12.4 Å². The smallest absolute Gasteiger partial charge is 0.332 e. The number of carbonyl (C=O) groups excluding carboxylic acids is 2. The third-order valence-electron chi connectivity index (χ3n) is 10.5. The monoisotopic (exact) mass is 684 g/mol. The maximum atomic E-state index is 13.5. The van der Waals surface area contributed by atoms with Gasteiger partial charge in [-0.25, -0.2) is 17.9 Å². The largest absolute Gasteiger partial charge is 0.490 e. The van der Waals surface area contributed by atoms with Crippen molar-refractivity contribution in [2.75, 3.05) is 37.8 Å². The normalized spacial score (nSPS) is 29.3. The number of hydrogen-bond acceptors (Lipinski definition) is 8. The molecule has 2 aliphatic heterocycles. The molecule has 2 aromatic carbocycles. The van der Waals surface area contributed by atoms with E-state index in [0.717, 1.165) is 42.8 Å². The first-order chi connectivity index (χ1) is 22.6. The van der Waals surface area contributed by atoms with E-state index in [0.29, 0.717) is 44.7 Å². The van der Waals surface area contributed by atoms with Crippen LogP contribution in [0.4, 0.5) is 5.69 Å². The van der Waals surface area contributed by atoms with Crippen LogP contribution in [0.5, 0.6) is 5.75 Å². The third kappa shape index (κ3) is 7.20. The zero-order valence-corrected chi connectivity index (χ0v) is 28.8. The number of carbonyl (C=O) groups is 2. The SMILES string of the molecule is CCOC(=O)CO[C@H]1/C=C/CC[C@@H](CC)S(=O)(=O)NC(=O)c2ccc3c(c2)N(C[C@@H]2CC[C@H]21)C[C@@]1(CCCc2cc(Cl)ccc21)CO3. The van der Waals surface area contributed by atoms with Crippen molar-refractivity contribution in [2.24, 2.45) is 11.8 Å². The molecule has 1 amide bonds. The molecule has 47 heavy (non-hydrogen) atoms. The van der Waals surface area contributed by atoms with Crippen molar-refractivity contribution in [1.82, 2.24) is 4.72 Å². The summed E-state index contributed by atoms with van der Waals surface area (Å²) >= 11 is 6.42. The fourth-order valence-electron chi connectivity index (χ4n) is 7.84. The van der Waals surface area contributed by atoms with Crippen molar-refractivity contribution in [3.05, 3.63) is 70.3 Å². The second-order valence-electron chi connectivity index (χ2n) is 13.4. The number of amides is 1. The predicted octanol–water partition coefficient (Wildman–Crippen LogP) is 5.98. The van der Waals surface area contributed by atoms with Crippen molar-refractivity contribution >= 4 is 39.2 Å². The average molecular weight is 685 g/mol.